The highest BCUT2D eigenvalue weighted by Gasteiger charge is 2.32. The lowest BCUT2D eigenvalue weighted by Gasteiger charge is -2.35. The zero-order valence-corrected chi connectivity index (χ0v) is 16.9. The van der Waals surface area contributed by atoms with Crippen LogP contribution in [0.25, 0.3) is 0 Å². The number of benzene rings is 1. The zero-order valence-electron chi connectivity index (χ0n) is 16.1. The number of carbonyl (C=O) groups is 2. The van der Waals surface area contributed by atoms with Gasteiger partial charge in [0.05, 0.1) is 35.1 Å². The van der Waals surface area contributed by atoms with Crippen molar-refractivity contribution in [1.29, 1.82) is 0 Å². The van der Waals surface area contributed by atoms with Gasteiger partial charge in [-0.15, -0.1) is 0 Å². The number of hydrogen-bond acceptors (Lipinski definition) is 6. The van der Waals surface area contributed by atoms with E-state index in [1.165, 1.54) is 17.2 Å². The van der Waals surface area contributed by atoms with Gasteiger partial charge < -0.3 is 10.4 Å². The van der Waals surface area contributed by atoms with E-state index in [2.05, 4.69) is 15.2 Å². The van der Waals surface area contributed by atoms with Crippen molar-refractivity contribution in [3.05, 3.63) is 46.9 Å². The molecule has 0 saturated carbocycles. The third-order valence-electron chi connectivity index (χ3n) is 5.26. The lowest BCUT2D eigenvalue weighted by atomic mass is 10.2. The number of rotatable bonds is 4. The molecule has 2 aliphatic rings. The van der Waals surface area contributed by atoms with Crippen LogP contribution in [0.2, 0.25) is 5.02 Å². The summed E-state index contributed by atoms with van der Waals surface area (Å²) in [6.07, 6.45) is 1.50. The van der Waals surface area contributed by atoms with Crippen LogP contribution in [0.15, 0.2) is 30.5 Å². The fourth-order valence-electron chi connectivity index (χ4n) is 3.70. The summed E-state index contributed by atoms with van der Waals surface area (Å²) in [4.78, 5) is 35.7. The molecule has 0 spiro atoms. The van der Waals surface area contributed by atoms with Gasteiger partial charge in [-0.05, 0) is 18.2 Å². The van der Waals surface area contributed by atoms with Crippen LogP contribution >= 0.6 is 11.6 Å². The minimum atomic E-state index is -0.693. The first-order chi connectivity index (χ1) is 14.5. The van der Waals surface area contributed by atoms with Gasteiger partial charge in [0.1, 0.15) is 5.82 Å². The zero-order chi connectivity index (χ0) is 21.3. The Morgan fingerprint density at radius 2 is 1.97 bits per heavy atom. The minimum absolute atomic E-state index is 0.101. The largest absolute Gasteiger partial charge is 0.395 e. The quantitative estimate of drug-likeness (QED) is 0.763. The molecule has 2 N–H and O–H groups in total. The summed E-state index contributed by atoms with van der Waals surface area (Å²) in [5.74, 6) is -1.29. The Balaban J connectivity index is 1.66. The van der Waals surface area contributed by atoms with Gasteiger partial charge in [0.15, 0.2) is 5.82 Å². The van der Waals surface area contributed by atoms with Gasteiger partial charge in [-0.1, -0.05) is 11.6 Å². The second kappa shape index (κ2) is 8.65. The maximum atomic E-state index is 14.1. The lowest BCUT2D eigenvalue weighted by molar-refractivity contribution is -0.119. The molecule has 0 radical (unpaired) electrons. The van der Waals surface area contributed by atoms with Crippen LogP contribution in [0.1, 0.15) is 10.4 Å². The van der Waals surface area contributed by atoms with Crippen LogP contribution in [-0.4, -0.2) is 77.6 Å². The highest BCUT2D eigenvalue weighted by Crippen LogP contribution is 2.39. The predicted octanol–water partition coefficient (Wildman–Crippen LogP) is 1.71. The summed E-state index contributed by atoms with van der Waals surface area (Å²) in [5.41, 5.74) is 0.642. The molecule has 2 aliphatic heterocycles. The Bertz CT molecular complexity index is 981. The van der Waals surface area contributed by atoms with Crippen LogP contribution in [0, 0.1) is 5.82 Å². The number of pyridine rings is 1. The van der Waals surface area contributed by atoms with Gasteiger partial charge in [-0.25, -0.2) is 9.37 Å². The molecule has 8 nitrogen and oxygen atoms in total. The Kier molecular flexibility index (Phi) is 5.96. The second-order valence-electron chi connectivity index (χ2n) is 7.18. The summed E-state index contributed by atoms with van der Waals surface area (Å²) in [5, 5.41) is 11.6. The van der Waals surface area contributed by atoms with Crippen molar-refractivity contribution in [2.75, 3.05) is 56.1 Å². The van der Waals surface area contributed by atoms with Crippen molar-refractivity contribution in [2.24, 2.45) is 0 Å². The molecule has 2 aromatic rings. The van der Waals surface area contributed by atoms with E-state index in [0.717, 1.165) is 19.2 Å². The van der Waals surface area contributed by atoms with E-state index in [1.807, 2.05) is 4.90 Å². The standard InChI is InChI=1S/C20H21ClFN5O3/c21-14-10-17-16(11-15(14)22)24-20(30)13-2-1-3-23-19(13)27(17)18(29)12-26-6-4-25(5-7-26)8-9-28/h1-3,10-11,28H,4-9,12H2,(H,24,30). The number of piperazine rings is 1. The first-order valence-corrected chi connectivity index (χ1v) is 9.99. The number of anilines is 3. The van der Waals surface area contributed by atoms with Crippen LogP contribution in [0.4, 0.5) is 21.6 Å². The molecule has 30 heavy (non-hydrogen) atoms. The molecule has 1 aromatic carbocycles. The molecular weight excluding hydrogens is 413 g/mol. The van der Waals surface area contributed by atoms with Gasteiger partial charge in [-0.2, -0.15) is 0 Å². The van der Waals surface area contributed by atoms with E-state index in [0.29, 0.717) is 19.6 Å². The van der Waals surface area contributed by atoms with E-state index in [9.17, 15) is 14.0 Å². The van der Waals surface area contributed by atoms with Gasteiger partial charge in [0.25, 0.3) is 5.91 Å². The summed E-state index contributed by atoms with van der Waals surface area (Å²) in [6, 6.07) is 5.60. The Labute approximate surface area is 177 Å². The fourth-order valence-corrected chi connectivity index (χ4v) is 3.86. The lowest BCUT2D eigenvalue weighted by Crippen LogP contribution is -2.50. The molecule has 1 fully saturated rings. The summed E-state index contributed by atoms with van der Waals surface area (Å²) < 4.78 is 14.1. The average molecular weight is 434 g/mol. The van der Waals surface area contributed by atoms with Crippen molar-refractivity contribution in [3.8, 4) is 0 Å². The van der Waals surface area contributed by atoms with Crippen molar-refractivity contribution >= 4 is 40.6 Å². The number of amides is 2. The fraction of sp³-hybridized carbons (Fsp3) is 0.350. The minimum Gasteiger partial charge on any atom is -0.395 e. The monoisotopic (exact) mass is 433 g/mol. The van der Waals surface area contributed by atoms with E-state index in [-0.39, 0.29) is 46.8 Å². The first kappa shape index (κ1) is 20.7. The van der Waals surface area contributed by atoms with E-state index >= 15 is 0 Å². The SMILES string of the molecule is O=C1Nc2cc(F)c(Cl)cc2N(C(=O)CN2CCN(CCO)CC2)c2ncccc21. The summed E-state index contributed by atoms with van der Waals surface area (Å²) in [7, 11) is 0. The maximum absolute atomic E-state index is 14.1. The highest BCUT2D eigenvalue weighted by molar-refractivity contribution is 6.31. The topological polar surface area (TPSA) is 89.0 Å². The molecule has 0 unspecified atom stereocenters. The molecule has 10 heteroatoms. The summed E-state index contributed by atoms with van der Waals surface area (Å²) >= 11 is 5.99. The normalized spacial score (nSPS) is 17.2. The molecular formula is C20H21ClFN5O3. The number of nitrogens with one attached hydrogen (secondary N) is 1. The van der Waals surface area contributed by atoms with Crippen molar-refractivity contribution < 1.29 is 19.1 Å². The van der Waals surface area contributed by atoms with Crippen LogP contribution in [0.3, 0.4) is 0 Å². The second-order valence-corrected chi connectivity index (χ2v) is 7.59. The predicted molar refractivity (Wildman–Crippen MR) is 111 cm³/mol. The Hall–Kier alpha value is -2.59. The van der Waals surface area contributed by atoms with Crippen LogP contribution in [-0.2, 0) is 4.79 Å². The molecule has 1 saturated heterocycles. The molecule has 3 heterocycles. The van der Waals surface area contributed by atoms with E-state index in [1.54, 1.807) is 12.1 Å². The molecule has 0 aliphatic carbocycles. The summed E-state index contributed by atoms with van der Waals surface area (Å²) in [6.45, 7) is 3.64. The average Bonchev–Trinajstić information content (AvgIpc) is 2.84. The van der Waals surface area contributed by atoms with Gasteiger partial charge in [0.2, 0.25) is 5.91 Å². The van der Waals surface area contributed by atoms with Crippen LogP contribution in [0.5, 0.6) is 0 Å². The van der Waals surface area contributed by atoms with Crippen molar-refractivity contribution in [3.63, 3.8) is 0 Å². The molecule has 158 valence electrons. The van der Waals surface area contributed by atoms with Gasteiger partial charge in [-0.3, -0.25) is 24.3 Å². The Morgan fingerprint density at radius 3 is 2.70 bits per heavy atom. The number of aliphatic hydroxyl groups is 1. The van der Waals surface area contributed by atoms with Gasteiger partial charge in [0, 0.05) is 45.0 Å². The third kappa shape index (κ3) is 4.01. The Morgan fingerprint density at radius 1 is 1.23 bits per heavy atom. The number of aliphatic hydroxyl groups excluding tert-OH is 1. The van der Waals surface area contributed by atoms with Crippen molar-refractivity contribution in [1.82, 2.24) is 14.8 Å². The molecule has 0 atom stereocenters. The molecule has 0 bridgehead atoms. The van der Waals surface area contributed by atoms with E-state index < -0.39 is 11.7 Å². The smallest absolute Gasteiger partial charge is 0.259 e. The number of carbonyl (C=O) groups excluding carboxylic acids is 2. The highest BCUT2D eigenvalue weighted by atomic mass is 35.5. The van der Waals surface area contributed by atoms with Crippen molar-refractivity contribution in [2.45, 2.75) is 0 Å². The molecule has 2 amide bonds. The number of halogens is 2. The maximum Gasteiger partial charge on any atom is 0.259 e. The number of β-amino-alcohol motifs (C(OH)–C–C–N with tert-alkyl or cyclic N) is 1. The number of nitrogens with zero attached hydrogens (tertiary/aromatic N) is 4. The third-order valence-corrected chi connectivity index (χ3v) is 5.55. The molecule has 4 rings (SSSR count). The first-order valence-electron chi connectivity index (χ1n) is 9.62. The molecule has 1 aromatic heterocycles. The number of aromatic nitrogens is 1. The number of fused-ring (bicyclic) bond motifs is 2. The van der Waals surface area contributed by atoms with E-state index in [4.69, 9.17) is 16.7 Å². The number of hydrogen-bond donors (Lipinski definition) is 2. The van der Waals surface area contributed by atoms with Crippen LogP contribution < -0.4 is 10.2 Å². The van der Waals surface area contributed by atoms with Gasteiger partial charge >= 0.3 is 0 Å².